The van der Waals surface area contributed by atoms with Crippen LogP contribution in [0.3, 0.4) is 0 Å². The highest BCUT2D eigenvalue weighted by molar-refractivity contribution is 6.99. The van der Waals surface area contributed by atoms with Crippen molar-refractivity contribution >= 4 is 29.5 Å². The number of nitrogens with one attached hydrogen (secondary N) is 1. The zero-order valence-corrected chi connectivity index (χ0v) is 28.2. The van der Waals surface area contributed by atoms with E-state index in [1.54, 1.807) is 0 Å². The zero-order valence-electron chi connectivity index (χ0n) is 27.2. The van der Waals surface area contributed by atoms with Crippen LogP contribution in [0.2, 0.25) is 5.04 Å². The maximum absolute atomic E-state index is 13.2. The number of ether oxygens (including phenoxy) is 2. The van der Waals surface area contributed by atoms with Gasteiger partial charge in [-0.05, 0) is 33.3 Å². The smallest absolute Gasteiger partial charge is 0.330 e. The highest BCUT2D eigenvalue weighted by Crippen LogP contribution is 2.57. The summed E-state index contributed by atoms with van der Waals surface area (Å²) in [6.07, 6.45) is 0.764. The van der Waals surface area contributed by atoms with Gasteiger partial charge in [0.1, 0.15) is 23.7 Å². The first-order valence-corrected chi connectivity index (χ1v) is 18.0. The van der Waals surface area contributed by atoms with Crippen molar-refractivity contribution in [3.8, 4) is 5.75 Å². The molecule has 7 rings (SSSR count). The average molecular weight is 645 g/mol. The van der Waals surface area contributed by atoms with E-state index < -0.39 is 37.5 Å². The third-order valence-electron chi connectivity index (χ3n) is 9.90. The van der Waals surface area contributed by atoms with Crippen LogP contribution in [0.1, 0.15) is 39.0 Å². The molecule has 0 spiro atoms. The molecule has 0 amide bonds. The number of aromatic nitrogens is 2. The number of benzene rings is 4. The molecule has 1 N–H and O–H groups in total. The van der Waals surface area contributed by atoms with Crippen LogP contribution in [0.15, 0.2) is 131 Å². The van der Waals surface area contributed by atoms with Crippen LogP contribution in [0.5, 0.6) is 5.75 Å². The maximum atomic E-state index is 13.2. The molecule has 2 aliphatic rings. The van der Waals surface area contributed by atoms with Crippen molar-refractivity contribution in [2.24, 2.45) is 5.92 Å². The van der Waals surface area contributed by atoms with E-state index in [4.69, 9.17) is 13.9 Å². The summed E-state index contributed by atoms with van der Waals surface area (Å²) in [7, 11) is -2.96. The van der Waals surface area contributed by atoms with Crippen LogP contribution >= 0.6 is 0 Å². The number of aryl methyl sites for hydroxylation is 1. The highest BCUT2D eigenvalue weighted by atomic mass is 28.4. The van der Waals surface area contributed by atoms with Gasteiger partial charge in [-0.3, -0.25) is 14.3 Å². The molecule has 4 aromatic carbocycles. The standard InChI is InChI=1S/C39H40N2O5Si/c1-26-20-21-28-14-12-13-19-31(28)34(26)45-35-33-27(2)24-39(35,46-36(33)41-23-22-32(42)40-37(41)43)25-44-47(38(3,4)5,29-15-8-6-9-16-29)30-17-10-7-11-18-30/h6-23,33,35-36H,2,24-25H2,1,3-5H3,(H,40,42,43)/t33-,35+,36-,39-/m1/s1. The van der Waals surface area contributed by atoms with Gasteiger partial charge < -0.3 is 13.9 Å². The first kappa shape index (κ1) is 31.1. The minimum atomic E-state index is -2.96. The van der Waals surface area contributed by atoms with Gasteiger partial charge in [0.15, 0.2) is 0 Å². The Balaban J connectivity index is 1.38. The molecular formula is C39H40N2O5Si. The van der Waals surface area contributed by atoms with E-state index in [1.807, 2.05) is 31.2 Å². The Morgan fingerprint density at radius 1 is 0.915 bits per heavy atom. The Morgan fingerprint density at radius 3 is 2.19 bits per heavy atom. The summed E-state index contributed by atoms with van der Waals surface area (Å²) in [4.78, 5) is 27.6. The molecular weight excluding hydrogens is 605 g/mol. The Labute approximate surface area is 275 Å². The van der Waals surface area contributed by atoms with Crippen LogP contribution in [0, 0.1) is 12.8 Å². The van der Waals surface area contributed by atoms with E-state index in [0.717, 1.165) is 38.0 Å². The predicted molar refractivity (Wildman–Crippen MR) is 188 cm³/mol. The first-order chi connectivity index (χ1) is 22.5. The van der Waals surface area contributed by atoms with Gasteiger partial charge in [-0.1, -0.05) is 130 Å². The van der Waals surface area contributed by atoms with E-state index in [2.05, 4.69) is 105 Å². The molecule has 1 saturated carbocycles. The van der Waals surface area contributed by atoms with Crippen LogP contribution in [-0.4, -0.2) is 36.2 Å². The lowest BCUT2D eigenvalue weighted by molar-refractivity contribution is -0.126. The quantitative estimate of drug-likeness (QED) is 0.169. The molecule has 7 nitrogen and oxygen atoms in total. The van der Waals surface area contributed by atoms with E-state index >= 15 is 0 Å². The van der Waals surface area contributed by atoms with Gasteiger partial charge in [0, 0.05) is 24.1 Å². The number of hydrogen-bond acceptors (Lipinski definition) is 5. The molecule has 0 radical (unpaired) electrons. The van der Waals surface area contributed by atoms with E-state index in [9.17, 15) is 9.59 Å². The summed E-state index contributed by atoms with van der Waals surface area (Å²) in [5, 5.41) is 4.15. The fraction of sp³-hybridized carbons (Fsp3) is 0.282. The van der Waals surface area contributed by atoms with E-state index in [-0.39, 0.29) is 17.6 Å². The second kappa shape index (κ2) is 11.6. The Kier molecular flexibility index (Phi) is 7.70. The SMILES string of the molecule is C=C1C[C@]2(CO[Si](c3ccccc3)(c3ccccc3)C(C)(C)C)O[C@@H](n3ccc(=O)[nH]c3=O)[C@H]1[C@@H]2Oc1c(C)ccc2ccccc12. The largest absolute Gasteiger partial charge is 0.486 e. The molecule has 1 aliphatic heterocycles. The molecule has 5 aromatic rings. The molecule has 8 heteroatoms. The molecule has 1 aromatic heterocycles. The number of H-pyrrole nitrogens is 1. The monoisotopic (exact) mass is 644 g/mol. The third kappa shape index (κ3) is 5.12. The van der Waals surface area contributed by atoms with Crippen LogP contribution in [0.25, 0.3) is 10.8 Å². The van der Waals surface area contributed by atoms with Crippen LogP contribution in [-0.2, 0) is 9.16 Å². The van der Waals surface area contributed by atoms with Gasteiger partial charge in [0.25, 0.3) is 13.9 Å². The van der Waals surface area contributed by atoms with Crippen molar-refractivity contribution < 1.29 is 13.9 Å². The van der Waals surface area contributed by atoms with Gasteiger partial charge in [0.05, 0.1) is 12.5 Å². The van der Waals surface area contributed by atoms with Gasteiger partial charge in [-0.2, -0.15) is 0 Å². The maximum Gasteiger partial charge on any atom is 0.330 e. The van der Waals surface area contributed by atoms with Crippen molar-refractivity contribution in [3.05, 3.63) is 148 Å². The molecule has 240 valence electrons. The summed E-state index contributed by atoms with van der Waals surface area (Å²) < 4.78 is 23.1. The lowest BCUT2D eigenvalue weighted by Gasteiger charge is -2.45. The van der Waals surface area contributed by atoms with E-state index in [1.165, 1.54) is 16.8 Å². The summed E-state index contributed by atoms with van der Waals surface area (Å²) in [5.41, 5.74) is -0.0313. The van der Waals surface area contributed by atoms with Crippen molar-refractivity contribution in [1.29, 1.82) is 0 Å². The third-order valence-corrected chi connectivity index (χ3v) is 14.9. The Hall–Kier alpha value is -4.50. The second-order valence-corrected chi connectivity index (χ2v) is 18.2. The predicted octanol–water partition coefficient (Wildman–Crippen LogP) is 5.87. The lowest BCUT2D eigenvalue weighted by atomic mass is 9.98. The van der Waals surface area contributed by atoms with Crippen LogP contribution < -0.4 is 26.4 Å². The Bertz CT molecular complexity index is 2030. The minimum Gasteiger partial charge on any atom is -0.486 e. The van der Waals surface area contributed by atoms with Crippen molar-refractivity contribution in [1.82, 2.24) is 9.55 Å². The van der Waals surface area contributed by atoms with Gasteiger partial charge in [-0.25, -0.2) is 4.79 Å². The van der Waals surface area contributed by atoms with Crippen molar-refractivity contribution in [2.45, 2.75) is 57.1 Å². The van der Waals surface area contributed by atoms with Gasteiger partial charge in [-0.15, -0.1) is 0 Å². The number of fused-ring (bicyclic) bond motifs is 3. The van der Waals surface area contributed by atoms with Gasteiger partial charge in [0.2, 0.25) is 0 Å². The molecule has 4 atom stereocenters. The summed E-state index contributed by atoms with van der Waals surface area (Å²) in [6, 6.07) is 34.7. The minimum absolute atomic E-state index is 0.221. The molecule has 47 heavy (non-hydrogen) atoms. The number of aromatic amines is 1. The number of hydrogen-bond donors (Lipinski definition) is 1. The topological polar surface area (TPSA) is 82.5 Å². The van der Waals surface area contributed by atoms with Crippen molar-refractivity contribution in [2.75, 3.05) is 6.61 Å². The average Bonchev–Trinajstić information content (AvgIpc) is 3.50. The van der Waals surface area contributed by atoms with Gasteiger partial charge >= 0.3 is 5.69 Å². The molecule has 1 aliphatic carbocycles. The summed E-state index contributed by atoms with van der Waals surface area (Å²) in [5.74, 6) is 0.417. The molecule has 2 bridgehead atoms. The molecule has 2 fully saturated rings. The Morgan fingerprint density at radius 2 is 1.55 bits per heavy atom. The van der Waals surface area contributed by atoms with Crippen molar-refractivity contribution in [3.63, 3.8) is 0 Å². The zero-order chi connectivity index (χ0) is 33.0. The molecule has 2 heterocycles. The summed E-state index contributed by atoms with van der Waals surface area (Å²) in [6.45, 7) is 13.5. The first-order valence-electron chi connectivity index (χ1n) is 16.1. The summed E-state index contributed by atoms with van der Waals surface area (Å²) >= 11 is 0. The fourth-order valence-corrected chi connectivity index (χ4v) is 12.4. The normalized spacial score (nSPS) is 22.6. The highest BCUT2D eigenvalue weighted by Gasteiger charge is 2.65. The molecule has 0 unspecified atom stereocenters. The van der Waals surface area contributed by atoms with E-state index in [0.29, 0.717) is 6.42 Å². The second-order valence-electron chi connectivity index (χ2n) is 13.9. The number of rotatable bonds is 8. The lowest BCUT2D eigenvalue weighted by Crippen LogP contribution is -2.68. The molecule has 1 saturated heterocycles. The van der Waals surface area contributed by atoms with Crippen LogP contribution in [0.4, 0.5) is 0 Å². The number of nitrogens with zero attached hydrogens (tertiary/aromatic N) is 1. The fourth-order valence-electron chi connectivity index (χ4n) is 7.75.